The summed E-state index contributed by atoms with van der Waals surface area (Å²) in [5.74, 6) is 0.335. The van der Waals surface area contributed by atoms with Gasteiger partial charge in [0.15, 0.2) is 0 Å². The zero-order valence-corrected chi connectivity index (χ0v) is 17.9. The highest BCUT2D eigenvalue weighted by molar-refractivity contribution is 7.92. The fourth-order valence-electron chi connectivity index (χ4n) is 3.34. The largest absolute Gasteiger partial charge is 0.280 e. The van der Waals surface area contributed by atoms with E-state index in [1.165, 1.54) is 34.8 Å². The molecule has 1 aromatic heterocycles. The summed E-state index contributed by atoms with van der Waals surface area (Å²) in [5, 5.41) is 4.15. The molecule has 0 amide bonds. The lowest BCUT2D eigenvalue weighted by Crippen LogP contribution is -2.39. The average molecular weight is 427 g/mol. The maximum atomic E-state index is 12.8. The standard InChI is InChI=1S/C18H26N4O4S2/c1-4-21-13-18(15(3)19-21)27(23,24)20-16-7-9-17(10-8-16)28(25,26)22-11-5-6-14(2)12-22/h7-10,13-14,20H,4-6,11-12H2,1-3H3/t14-/m0/s1. The Morgan fingerprint density at radius 1 is 1.18 bits per heavy atom. The molecule has 0 bridgehead atoms. The zero-order chi connectivity index (χ0) is 20.5. The first-order valence-electron chi connectivity index (χ1n) is 9.30. The van der Waals surface area contributed by atoms with Gasteiger partial charge in [0.1, 0.15) is 4.90 Å². The molecule has 154 valence electrons. The van der Waals surface area contributed by atoms with Crippen LogP contribution in [0.1, 0.15) is 32.4 Å². The first-order valence-corrected chi connectivity index (χ1v) is 12.2. The number of benzene rings is 1. The molecule has 28 heavy (non-hydrogen) atoms. The molecule has 1 atom stereocenters. The van der Waals surface area contributed by atoms with Crippen LogP contribution in [0.25, 0.3) is 0 Å². The fraction of sp³-hybridized carbons (Fsp3) is 0.500. The van der Waals surface area contributed by atoms with Crippen molar-refractivity contribution < 1.29 is 16.8 Å². The Balaban J connectivity index is 1.79. The number of aromatic nitrogens is 2. The van der Waals surface area contributed by atoms with Crippen LogP contribution in [0.2, 0.25) is 0 Å². The second kappa shape index (κ2) is 7.84. The highest BCUT2D eigenvalue weighted by Crippen LogP contribution is 2.25. The molecule has 1 aliphatic heterocycles. The molecule has 0 unspecified atom stereocenters. The minimum Gasteiger partial charge on any atom is -0.280 e. The van der Waals surface area contributed by atoms with Crippen LogP contribution in [0.15, 0.2) is 40.3 Å². The van der Waals surface area contributed by atoms with Crippen molar-refractivity contribution in [2.24, 2.45) is 5.92 Å². The fourth-order valence-corrected chi connectivity index (χ4v) is 6.19. The zero-order valence-electron chi connectivity index (χ0n) is 16.3. The Bertz CT molecular complexity index is 1040. The molecule has 2 heterocycles. The number of aryl methyl sites for hydroxylation is 2. The van der Waals surface area contributed by atoms with E-state index in [0.717, 1.165) is 12.8 Å². The maximum Gasteiger partial charge on any atom is 0.265 e. The molecule has 8 nitrogen and oxygen atoms in total. The van der Waals surface area contributed by atoms with E-state index in [4.69, 9.17) is 0 Å². The molecule has 1 aliphatic rings. The molecule has 10 heteroatoms. The van der Waals surface area contributed by atoms with Gasteiger partial charge in [0.05, 0.1) is 10.6 Å². The van der Waals surface area contributed by atoms with Crippen LogP contribution in [0.4, 0.5) is 5.69 Å². The van der Waals surface area contributed by atoms with Crippen LogP contribution in [-0.4, -0.2) is 44.0 Å². The smallest absolute Gasteiger partial charge is 0.265 e. The van der Waals surface area contributed by atoms with E-state index in [0.29, 0.717) is 36.9 Å². The van der Waals surface area contributed by atoms with Gasteiger partial charge in [-0.15, -0.1) is 0 Å². The summed E-state index contributed by atoms with van der Waals surface area (Å²) in [6.45, 7) is 7.15. The van der Waals surface area contributed by atoms with Gasteiger partial charge in [0.2, 0.25) is 10.0 Å². The van der Waals surface area contributed by atoms with Crippen molar-refractivity contribution in [2.75, 3.05) is 17.8 Å². The molecule has 0 aliphatic carbocycles. The van der Waals surface area contributed by atoms with E-state index in [2.05, 4.69) is 9.82 Å². The van der Waals surface area contributed by atoms with E-state index >= 15 is 0 Å². The third kappa shape index (κ3) is 4.23. The molecule has 0 spiro atoms. The normalized spacial score (nSPS) is 18.9. The van der Waals surface area contributed by atoms with E-state index in [-0.39, 0.29) is 9.79 Å². The van der Waals surface area contributed by atoms with Gasteiger partial charge in [-0.3, -0.25) is 9.40 Å². The summed E-state index contributed by atoms with van der Waals surface area (Å²) in [6.07, 6.45) is 3.36. The van der Waals surface area contributed by atoms with E-state index < -0.39 is 20.0 Å². The number of nitrogens with one attached hydrogen (secondary N) is 1. The quantitative estimate of drug-likeness (QED) is 0.764. The summed E-state index contributed by atoms with van der Waals surface area (Å²) < 4.78 is 56.4. The van der Waals surface area contributed by atoms with Crippen molar-refractivity contribution >= 4 is 25.7 Å². The predicted octanol–water partition coefficient (Wildman–Crippen LogP) is 2.43. The van der Waals surface area contributed by atoms with Crippen LogP contribution >= 0.6 is 0 Å². The molecule has 0 saturated carbocycles. The molecule has 1 N–H and O–H groups in total. The van der Waals surface area contributed by atoms with Crippen LogP contribution in [0.5, 0.6) is 0 Å². The van der Waals surface area contributed by atoms with Gasteiger partial charge in [0, 0.05) is 31.5 Å². The topological polar surface area (TPSA) is 101 Å². The second-order valence-electron chi connectivity index (χ2n) is 7.17. The van der Waals surface area contributed by atoms with Crippen LogP contribution in [0, 0.1) is 12.8 Å². The Hall–Kier alpha value is -1.91. The van der Waals surface area contributed by atoms with Gasteiger partial charge in [-0.25, -0.2) is 16.8 Å². The van der Waals surface area contributed by atoms with Crippen molar-refractivity contribution in [3.05, 3.63) is 36.2 Å². The van der Waals surface area contributed by atoms with Crippen molar-refractivity contribution in [1.29, 1.82) is 0 Å². The Morgan fingerprint density at radius 3 is 2.43 bits per heavy atom. The maximum absolute atomic E-state index is 12.8. The number of piperidine rings is 1. The minimum atomic E-state index is -3.80. The van der Waals surface area contributed by atoms with Gasteiger partial charge in [-0.1, -0.05) is 6.92 Å². The highest BCUT2D eigenvalue weighted by atomic mass is 32.2. The van der Waals surface area contributed by atoms with Gasteiger partial charge in [-0.2, -0.15) is 9.40 Å². The molecule has 1 fully saturated rings. The van der Waals surface area contributed by atoms with Crippen molar-refractivity contribution in [1.82, 2.24) is 14.1 Å². The summed E-state index contributed by atoms with van der Waals surface area (Å²) in [7, 11) is -7.37. The number of anilines is 1. The van der Waals surface area contributed by atoms with Crippen molar-refractivity contribution in [3.8, 4) is 0 Å². The average Bonchev–Trinajstić information content (AvgIpc) is 3.04. The number of sulfonamides is 2. The van der Waals surface area contributed by atoms with E-state index in [9.17, 15) is 16.8 Å². The van der Waals surface area contributed by atoms with Crippen molar-refractivity contribution in [3.63, 3.8) is 0 Å². The van der Waals surface area contributed by atoms with Crippen LogP contribution < -0.4 is 4.72 Å². The van der Waals surface area contributed by atoms with Crippen molar-refractivity contribution in [2.45, 2.75) is 49.9 Å². The molecular weight excluding hydrogens is 400 g/mol. The number of nitrogens with zero attached hydrogens (tertiary/aromatic N) is 3. The van der Waals surface area contributed by atoms with Crippen LogP contribution in [0.3, 0.4) is 0 Å². The van der Waals surface area contributed by atoms with Gasteiger partial charge < -0.3 is 0 Å². The summed E-state index contributed by atoms with van der Waals surface area (Å²) in [4.78, 5) is 0.271. The Kier molecular flexibility index (Phi) is 5.83. The lowest BCUT2D eigenvalue weighted by Gasteiger charge is -2.30. The predicted molar refractivity (Wildman–Crippen MR) is 107 cm³/mol. The molecule has 1 saturated heterocycles. The first-order chi connectivity index (χ1) is 13.1. The third-order valence-corrected chi connectivity index (χ3v) is 8.24. The number of hydrogen-bond acceptors (Lipinski definition) is 5. The number of hydrogen-bond donors (Lipinski definition) is 1. The van der Waals surface area contributed by atoms with Gasteiger partial charge >= 0.3 is 0 Å². The van der Waals surface area contributed by atoms with E-state index in [1.807, 2.05) is 13.8 Å². The van der Waals surface area contributed by atoms with E-state index in [1.54, 1.807) is 11.6 Å². The SMILES string of the molecule is CCn1cc(S(=O)(=O)Nc2ccc(S(=O)(=O)N3CCC[C@H](C)C3)cc2)c(C)n1. The Morgan fingerprint density at radius 2 is 1.86 bits per heavy atom. The van der Waals surface area contributed by atoms with Crippen LogP contribution in [-0.2, 0) is 26.6 Å². The summed E-state index contributed by atoms with van der Waals surface area (Å²) >= 11 is 0. The minimum absolute atomic E-state index is 0.105. The Labute approximate surface area is 166 Å². The lowest BCUT2D eigenvalue weighted by atomic mass is 10.0. The highest BCUT2D eigenvalue weighted by Gasteiger charge is 2.28. The van der Waals surface area contributed by atoms with Gasteiger partial charge in [-0.05, 0) is 56.9 Å². The number of rotatable bonds is 6. The summed E-state index contributed by atoms with van der Waals surface area (Å²) in [6, 6.07) is 5.82. The molecule has 2 aromatic rings. The third-order valence-electron chi connectivity index (χ3n) is 4.88. The second-order valence-corrected chi connectivity index (χ2v) is 10.8. The lowest BCUT2D eigenvalue weighted by molar-refractivity contribution is 0.281. The summed E-state index contributed by atoms with van der Waals surface area (Å²) in [5.41, 5.74) is 0.711. The molecular formula is C18H26N4O4S2. The van der Waals surface area contributed by atoms with Gasteiger partial charge in [0.25, 0.3) is 10.0 Å². The first kappa shape index (κ1) is 20.8. The molecule has 3 rings (SSSR count). The molecule has 0 radical (unpaired) electrons. The molecule has 1 aromatic carbocycles. The monoisotopic (exact) mass is 426 g/mol.